The van der Waals surface area contributed by atoms with Crippen LogP contribution < -0.4 is 0 Å². The number of aryl methyl sites for hydroxylation is 2. The molecule has 2 heterocycles. The Morgan fingerprint density at radius 3 is 2.71 bits per heavy atom. The second-order valence-corrected chi connectivity index (χ2v) is 5.14. The van der Waals surface area contributed by atoms with Gasteiger partial charge < -0.3 is 13.7 Å². The number of furan rings is 1. The van der Waals surface area contributed by atoms with E-state index >= 15 is 0 Å². The Kier molecular flexibility index (Phi) is 3.29. The van der Waals surface area contributed by atoms with Crippen molar-refractivity contribution in [3.05, 3.63) is 59.0 Å². The van der Waals surface area contributed by atoms with Gasteiger partial charge in [-0.05, 0) is 25.0 Å². The molecule has 0 radical (unpaired) electrons. The standard InChI is InChI=1S/C17H17NO3/c1-11-6-4-5-7-13(11)10-18-14-8-12(2)21-16(14)9-15(18)17(19)20-3/h4-9H,10H2,1-3H3. The molecule has 2 aromatic heterocycles. The number of fused-ring (bicyclic) bond motifs is 1. The predicted molar refractivity (Wildman–Crippen MR) is 80.6 cm³/mol. The third kappa shape index (κ3) is 2.33. The number of esters is 1. The van der Waals surface area contributed by atoms with Crippen LogP contribution in [0.5, 0.6) is 0 Å². The Bertz CT molecular complexity index is 811. The van der Waals surface area contributed by atoms with Crippen LogP contribution in [-0.2, 0) is 11.3 Å². The van der Waals surface area contributed by atoms with Gasteiger partial charge in [0.25, 0.3) is 0 Å². The van der Waals surface area contributed by atoms with Crippen LogP contribution in [0, 0.1) is 13.8 Å². The third-order valence-electron chi connectivity index (χ3n) is 3.70. The minimum Gasteiger partial charge on any atom is -0.464 e. The Hall–Kier alpha value is -2.49. The van der Waals surface area contributed by atoms with E-state index < -0.39 is 0 Å². The van der Waals surface area contributed by atoms with Gasteiger partial charge in [0.1, 0.15) is 11.5 Å². The molecule has 0 saturated heterocycles. The van der Waals surface area contributed by atoms with Crippen molar-refractivity contribution in [3.8, 4) is 0 Å². The maximum atomic E-state index is 12.0. The zero-order valence-electron chi connectivity index (χ0n) is 12.3. The van der Waals surface area contributed by atoms with Crippen molar-refractivity contribution >= 4 is 17.1 Å². The van der Waals surface area contributed by atoms with Crippen LogP contribution >= 0.6 is 0 Å². The average molecular weight is 283 g/mol. The van der Waals surface area contributed by atoms with E-state index in [1.807, 2.05) is 29.7 Å². The molecule has 21 heavy (non-hydrogen) atoms. The summed E-state index contributed by atoms with van der Waals surface area (Å²) in [6, 6.07) is 11.8. The molecule has 0 fully saturated rings. The zero-order valence-corrected chi connectivity index (χ0v) is 12.3. The minimum atomic E-state index is -0.354. The largest absolute Gasteiger partial charge is 0.464 e. The fraction of sp³-hybridized carbons (Fsp3) is 0.235. The Morgan fingerprint density at radius 2 is 2.00 bits per heavy atom. The molecule has 3 rings (SSSR count). The second kappa shape index (κ2) is 5.13. The van der Waals surface area contributed by atoms with E-state index in [9.17, 15) is 4.79 Å². The molecule has 0 aliphatic rings. The van der Waals surface area contributed by atoms with Crippen LogP contribution in [0.15, 0.2) is 40.8 Å². The van der Waals surface area contributed by atoms with E-state index in [0.29, 0.717) is 17.8 Å². The van der Waals surface area contributed by atoms with Gasteiger partial charge in [-0.3, -0.25) is 0 Å². The zero-order chi connectivity index (χ0) is 15.0. The summed E-state index contributed by atoms with van der Waals surface area (Å²) in [6.07, 6.45) is 0. The van der Waals surface area contributed by atoms with Gasteiger partial charge in [0.2, 0.25) is 0 Å². The van der Waals surface area contributed by atoms with Gasteiger partial charge in [0.05, 0.1) is 12.6 Å². The lowest BCUT2D eigenvalue weighted by Crippen LogP contribution is -2.11. The van der Waals surface area contributed by atoms with E-state index in [1.54, 1.807) is 6.07 Å². The number of aromatic nitrogens is 1. The number of carbonyl (C=O) groups is 1. The fourth-order valence-electron chi connectivity index (χ4n) is 2.57. The first-order chi connectivity index (χ1) is 10.1. The smallest absolute Gasteiger partial charge is 0.354 e. The summed E-state index contributed by atoms with van der Waals surface area (Å²) in [5.41, 5.74) is 4.49. The van der Waals surface area contributed by atoms with Gasteiger partial charge >= 0.3 is 5.97 Å². The molecule has 0 aliphatic carbocycles. The Balaban J connectivity index is 2.14. The second-order valence-electron chi connectivity index (χ2n) is 5.14. The van der Waals surface area contributed by atoms with Gasteiger partial charge in [0.15, 0.2) is 5.58 Å². The maximum absolute atomic E-state index is 12.0. The molecule has 1 aromatic carbocycles. The van der Waals surface area contributed by atoms with Crippen LogP contribution in [0.25, 0.3) is 11.1 Å². The topological polar surface area (TPSA) is 44.4 Å². The first kappa shape index (κ1) is 13.5. The lowest BCUT2D eigenvalue weighted by molar-refractivity contribution is 0.0589. The number of hydrogen-bond donors (Lipinski definition) is 0. The van der Waals surface area contributed by atoms with Gasteiger partial charge in [-0.1, -0.05) is 24.3 Å². The lowest BCUT2D eigenvalue weighted by Gasteiger charge is -2.10. The number of hydrogen-bond acceptors (Lipinski definition) is 3. The number of ether oxygens (including phenoxy) is 1. The SMILES string of the molecule is COC(=O)c1cc2oc(C)cc2n1Cc1ccccc1C. The lowest BCUT2D eigenvalue weighted by atomic mass is 10.1. The summed E-state index contributed by atoms with van der Waals surface area (Å²) in [5, 5.41) is 0. The molecule has 0 N–H and O–H groups in total. The first-order valence-electron chi connectivity index (χ1n) is 6.82. The summed E-state index contributed by atoms with van der Waals surface area (Å²) >= 11 is 0. The molecule has 0 saturated carbocycles. The Morgan fingerprint density at radius 1 is 1.24 bits per heavy atom. The highest BCUT2D eigenvalue weighted by molar-refractivity contribution is 5.94. The molecule has 0 spiro atoms. The molecular weight excluding hydrogens is 266 g/mol. The molecule has 0 bridgehead atoms. The quantitative estimate of drug-likeness (QED) is 0.689. The van der Waals surface area contributed by atoms with Gasteiger partial charge in [0, 0.05) is 18.7 Å². The van der Waals surface area contributed by atoms with E-state index in [4.69, 9.17) is 9.15 Å². The van der Waals surface area contributed by atoms with E-state index in [1.165, 1.54) is 18.2 Å². The van der Waals surface area contributed by atoms with Crippen LogP contribution in [0.1, 0.15) is 27.4 Å². The molecule has 0 atom stereocenters. The highest BCUT2D eigenvalue weighted by Gasteiger charge is 2.19. The molecule has 0 unspecified atom stereocenters. The summed E-state index contributed by atoms with van der Waals surface area (Å²) in [4.78, 5) is 12.0. The average Bonchev–Trinajstić information content (AvgIpc) is 2.98. The molecule has 0 aliphatic heterocycles. The number of nitrogens with zero attached hydrogens (tertiary/aromatic N) is 1. The van der Waals surface area contributed by atoms with Gasteiger partial charge in [-0.25, -0.2) is 4.79 Å². The van der Waals surface area contributed by atoms with Crippen LogP contribution in [0.3, 0.4) is 0 Å². The number of rotatable bonds is 3. The number of methoxy groups -OCH3 is 1. The minimum absolute atomic E-state index is 0.354. The van der Waals surface area contributed by atoms with E-state index in [-0.39, 0.29) is 5.97 Å². The molecule has 0 amide bonds. The van der Waals surface area contributed by atoms with Crippen molar-refractivity contribution in [2.75, 3.05) is 7.11 Å². The van der Waals surface area contributed by atoms with Gasteiger partial charge in [-0.2, -0.15) is 0 Å². The Labute approximate surface area is 122 Å². The summed E-state index contributed by atoms with van der Waals surface area (Å²) in [5.74, 6) is 0.475. The number of carbonyl (C=O) groups excluding carboxylic acids is 1. The van der Waals surface area contributed by atoms with Crippen molar-refractivity contribution in [3.63, 3.8) is 0 Å². The van der Waals surface area contributed by atoms with Crippen molar-refractivity contribution in [1.29, 1.82) is 0 Å². The van der Waals surface area contributed by atoms with Crippen molar-refractivity contribution in [1.82, 2.24) is 4.57 Å². The van der Waals surface area contributed by atoms with Crippen LogP contribution in [0.2, 0.25) is 0 Å². The highest BCUT2D eigenvalue weighted by atomic mass is 16.5. The molecule has 108 valence electrons. The maximum Gasteiger partial charge on any atom is 0.354 e. The normalized spacial score (nSPS) is 11.0. The van der Waals surface area contributed by atoms with Crippen molar-refractivity contribution in [2.24, 2.45) is 0 Å². The summed E-state index contributed by atoms with van der Waals surface area (Å²) in [6.45, 7) is 4.57. The fourth-order valence-corrected chi connectivity index (χ4v) is 2.57. The predicted octanol–water partition coefficient (Wildman–Crippen LogP) is 3.69. The molecule has 4 nitrogen and oxygen atoms in total. The highest BCUT2D eigenvalue weighted by Crippen LogP contribution is 2.25. The molecule has 4 heteroatoms. The summed E-state index contributed by atoms with van der Waals surface area (Å²) < 4.78 is 12.4. The molecule has 3 aromatic rings. The first-order valence-corrected chi connectivity index (χ1v) is 6.82. The third-order valence-corrected chi connectivity index (χ3v) is 3.70. The number of benzene rings is 1. The van der Waals surface area contributed by atoms with Crippen LogP contribution in [-0.4, -0.2) is 17.6 Å². The van der Waals surface area contributed by atoms with E-state index in [0.717, 1.165) is 11.3 Å². The van der Waals surface area contributed by atoms with E-state index in [2.05, 4.69) is 19.1 Å². The van der Waals surface area contributed by atoms with Crippen molar-refractivity contribution < 1.29 is 13.9 Å². The van der Waals surface area contributed by atoms with Crippen molar-refractivity contribution in [2.45, 2.75) is 20.4 Å². The summed E-state index contributed by atoms with van der Waals surface area (Å²) in [7, 11) is 1.39. The monoisotopic (exact) mass is 283 g/mol. The van der Waals surface area contributed by atoms with Gasteiger partial charge in [-0.15, -0.1) is 0 Å². The molecular formula is C17H17NO3. The van der Waals surface area contributed by atoms with Crippen LogP contribution in [0.4, 0.5) is 0 Å².